The van der Waals surface area contributed by atoms with Crippen molar-refractivity contribution in [2.45, 2.75) is 12.7 Å². The molecule has 1 aromatic carbocycles. The lowest BCUT2D eigenvalue weighted by atomic mass is 10.1. The fourth-order valence-electron chi connectivity index (χ4n) is 2.24. The quantitative estimate of drug-likeness (QED) is 0.894. The third kappa shape index (κ3) is 3.60. The molecule has 0 amide bonds. The monoisotopic (exact) mass is 364 g/mol. The van der Waals surface area contributed by atoms with Crippen LogP contribution in [0.4, 0.5) is 13.2 Å². The van der Waals surface area contributed by atoms with E-state index in [1.807, 2.05) is 0 Å². The maximum Gasteiger partial charge on any atom is 0.387 e. The van der Waals surface area contributed by atoms with Gasteiger partial charge in [0, 0.05) is 18.5 Å². The summed E-state index contributed by atoms with van der Waals surface area (Å²) in [5.41, 5.74) is 0.0129. The Morgan fingerprint density at radius 1 is 1.43 bits per heavy atom. The number of morpholine rings is 1. The van der Waals surface area contributed by atoms with Crippen LogP contribution in [-0.2, 0) is 4.74 Å². The third-order valence-electron chi connectivity index (χ3n) is 3.25. The Balaban J connectivity index is 1.97. The molecule has 0 unspecified atom stereocenters. The summed E-state index contributed by atoms with van der Waals surface area (Å²) in [5, 5.41) is 5.18. The Labute approximate surface area is 139 Å². The van der Waals surface area contributed by atoms with Crippen molar-refractivity contribution in [1.29, 1.82) is 0 Å². The highest BCUT2D eigenvalue weighted by Gasteiger charge is 2.24. The molecule has 1 N–H and O–H groups in total. The number of ether oxygens (including phenoxy) is 2. The molecule has 124 valence electrons. The van der Waals surface area contributed by atoms with Gasteiger partial charge in [0.05, 0.1) is 22.9 Å². The predicted octanol–water partition coefficient (Wildman–Crippen LogP) is 3.86. The molecular weight excluding hydrogens is 353 g/mol. The Kier molecular flexibility index (Phi) is 5.05. The molecule has 3 rings (SSSR count). The van der Waals surface area contributed by atoms with Gasteiger partial charge in [-0.2, -0.15) is 8.78 Å². The number of nitrogens with one attached hydrogen (secondary N) is 1. The highest BCUT2D eigenvalue weighted by molar-refractivity contribution is 7.10. The number of thiazole rings is 1. The minimum Gasteiger partial charge on any atom is -0.434 e. The average Bonchev–Trinajstić information content (AvgIpc) is 3.01. The van der Waals surface area contributed by atoms with Crippen LogP contribution in [0.2, 0.25) is 5.02 Å². The van der Waals surface area contributed by atoms with Gasteiger partial charge in [0.25, 0.3) is 0 Å². The Morgan fingerprint density at radius 3 is 2.96 bits per heavy atom. The molecule has 0 bridgehead atoms. The van der Waals surface area contributed by atoms with Gasteiger partial charge in [-0.3, -0.25) is 0 Å². The van der Waals surface area contributed by atoms with Crippen LogP contribution < -0.4 is 10.1 Å². The smallest absolute Gasteiger partial charge is 0.387 e. The molecule has 0 saturated carbocycles. The van der Waals surface area contributed by atoms with E-state index in [2.05, 4.69) is 15.0 Å². The van der Waals surface area contributed by atoms with Crippen LogP contribution in [0, 0.1) is 5.82 Å². The SMILES string of the molecule is Fc1c(Cl)ccc(OC(F)F)c1-c1csc([C@H]2CNCCO2)n1. The topological polar surface area (TPSA) is 43.4 Å². The number of hydrogen-bond acceptors (Lipinski definition) is 5. The van der Waals surface area contributed by atoms with Crippen LogP contribution in [0.3, 0.4) is 0 Å². The van der Waals surface area contributed by atoms with Gasteiger partial charge in [-0.25, -0.2) is 9.37 Å². The molecule has 2 heterocycles. The van der Waals surface area contributed by atoms with Crippen LogP contribution in [0.25, 0.3) is 11.3 Å². The largest absolute Gasteiger partial charge is 0.434 e. The van der Waals surface area contributed by atoms with Crippen LogP contribution in [-0.4, -0.2) is 31.3 Å². The van der Waals surface area contributed by atoms with Crippen LogP contribution in [0.1, 0.15) is 11.1 Å². The Hall–Kier alpha value is -1.35. The molecule has 1 saturated heterocycles. The first kappa shape index (κ1) is 16.5. The van der Waals surface area contributed by atoms with E-state index in [1.54, 1.807) is 5.38 Å². The fourth-order valence-corrected chi connectivity index (χ4v) is 3.25. The molecule has 4 nitrogen and oxygen atoms in total. The second kappa shape index (κ2) is 7.04. The van der Waals surface area contributed by atoms with Gasteiger partial charge in [0.1, 0.15) is 16.9 Å². The second-order valence-electron chi connectivity index (χ2n) is 4.75. The highest BCUT2D eigenvalue weighted by atomic mass is 35.5. The summed E-state index contributed by atoms with van der Waals surface area (Å²) < 4.78 is 49.3. The lowest BCUT2D eigenvalue weighted by Crippen LogP contribution is -2.33. The van der Waals surface area contributed by atoms with Crippen LogP contribution >= 0.6 is 22.9 Å². The number of halogens is 4. The number of rotatable bonds is 4. The Morgan fingerprint density at radius 2 is 2.26 bits per heavy atom. The number of alkyl halides is 2. The summed E-state index contributed by atoms with van der Waals surface area (Å²) in [6.45, 7) is -1.18. The molecule has 0 aliphatic carbocycles. The zero-order valence-corrected chi connectivity index (χ0v) is 13.3. The van der Waals surface area contributed by atoms with Gasteiger partial charge in [-0.15, -0.1) is 11.3 Å². The molecule has 9 heteroatoms. The maximum atomic E-state index is 14.3. The summed E-state index contributed by atoms with van der Waals surface area (Å²) in [5.74, 6) is -1.15. The lowest BCUT2D eigenvalue weighted by Gasteiger charge is -2.21. The van der Waals surface area contributed by atoms with Gasteiger partial charge in [0.15, 0.2) is 5.82 Å². The summed E-state index contributed by atoms with van der Waals surface area (Å²) in [4.78, 5) is 4.30. The van der Waals surface area contributed by atoms with E-state index in [0.29, 0.717) is 18.2 Å². The van der Waals surface area contributed by atoms with Crippen LogP contribution in [0.15, 0.2) is 17.5 Å². The standard InChI is InChI=1S/C14H12ClF3N2O2S/c15-7-1-2-9(22-14(17)18)11(12(7)16)8-6-23-13(20-8)10-5-19-3-4-21-10/h1-2,6,10,14,19H,3-5H2/t10-/m1/s1. The summed E-state index contributed by atoms with van der Waals surface area (Å²) in [6, 6.07) is 2.37. The van der Waals surface area contributed by atoms with E-state index in [0.717, 1.165) is 6.54 Å². The van der Waals surface area contributed by atoms with E-state index in [9.17, 15) is 13.2 Å². The first-order valence-electron chi connectivity index (χ1n) is 6.77. The van der Waals surface area contributed by atoms with Gasteiger partial charge < -0.3 is 14.8 Å². The molecule has 1 aliphatic rings. The molecular formula is C14H12ClF3N2O2S. The minimum atomic E-state index is -3.07. The van der Waals surface area contributed by atoms with E-state index >= 15 is 0 Å². The molecule has 1 aromatic heterocycles. The number of nitrogens with zero attached hydrogens (tertiary/aromatic N) is 1. The summed E-state index contributed by atoms with van der Waals surface area (Å²) in [7, 11) is 0. The van der Waals surface area contributed by atoms with E-state index in [1.165, 1.54) is 23.5 Å². The zero-order valence-electron chi connectivity index (χ0n) is 11.7. The fraction of sp³-hybridized carbons (Fsp3) is 0.357. The minimum absolute atomic E-state index is 0.177. The number of benzene rings is 1. The summed E-state index contributed by atoms with van der Waals surface area (Å²) >= 11 is 7.01. The molecule has 1 aliphatic heterocycles. The Bertz CT molecular complexity index is 693. The normalized spacial score (nSPS) is 18.4. The van der Waals surface area contributed by atoms with Crippen molar-refractivity contribution in [1.82, 2.24) is 10.3 Å². The molecule has 23 heavy (non-hydrogen) atoms. The van der Waals surface area contributed by atoms with Crippen molar-refractivity contribution < 1.29 is 22.6 Å². The second-order valence-corrected chi connectivity index (χ2v) is 6.04. The summed E-state index contributed by atoms with van der Waals surface area (Å²) in [6.07, 6.45) is -0.246. The van der Waals surface area contributed by atoms with Gasteiger partial charge in [0.2, 0.25) is 0 Å². The van der Waals surface area contributed by atoms with E-state index < -0.39 is 12.4 Å². The molecule has 1 fully saturated rings. The number of hydrogen-bond donors (Lipinski definition) is 1. The van der Waals surface area contributed by atoms with Crippen molar-refractivity contribution in [3.63, 3.8) is 0 Å². The molecule has 1 atom stereocenters. The number of aromatic nitrogens is 1. The first-order chi connectivity index (χ1) is 11.1. The average molecular weight is 365 g/mol. The van der Waals surface area contributed by atoms with Crippen molar-refractivity contribution in [3.8, 4) is 17.0 Å². The lowest BCUT2D eigenvalue weighted by molar-refractivity contribution is -0.0495. The maximum absolute atomic E-state index is 14.3. The third-order valence-corrected chi connectivity index (χ3v) is 4.48. The van der Waals surface area contributed by atoms with Crippen molar-refractivity contribution >= 4 is 22.9 Å². The van der Waals surface area contributed by atoms with Gasteiger partial charge in [-0.05, 0) is 12.1 Å². The van der Waals surface area contributed by atoms with Gasteiger partial charge >= 0.3 is 6.61 Å². The van der Waals surface area contributed by atoms with Crippen molar-refractivity contribution in [3.05, 3.63) is 33.4 Å². The van der Waals surface area contributed by atoms with Crippen molar-refractivity contribution in [2.75, 3.05) is 19.7 Å². The van der Waals surface area contributed by atoms with Crippen molar-refractivity contribution in [2.24, 2.45) is 0 Å². The molecule has 0 radical (unpaired) electrons. The van der Waals surface area contributed by atoms with E-state index in [-0.39, 0.29) is 28.1 Å². The van der Waals surface area contributed by atoms with Gasteiger partial charge in [-0.1, -0.05) is 11.6 Å². The predicted molar refractivity (Wildman–Crippen MR) is 80.7 cm³/mol. The molecule has 2 aromatic rings. The van der Waals surface area contributed by atoms with Crippen LogP contribution in [0.5, 0.6) is 5.75 Å². The zero-order chi connectivity index (χ0) is 16.4. The molecule has 0 spiro atoms. The van der Waals surface area contributed by atoms with E-state index in [4.69, 9.17) is 16.3 Å². The first-order valence-corrected chi connectivity index (χ1v) is 8.03. The highest BCUT2D eigenvalue weighted by Crippen LogP contribution is 2.38.